The summed E-state index contributed by atoms with van der Waals surface area (Å²) in [7, 11) is 7.63. The van der Waals surface area contributed by atoms with Crippen LogP contribution < -0.4 is 9.47 Å². The molecule has 30 heavy (non-hydrogen) atoms. The molecule has 1 N–H and O–H groups in total. The number of aliphatic hydroxyl groups excluding tert-OH is 1. The standard InChI is InChI=1S/C20H32O10/c1-22-11-28-18-17(21)16(30-20(26-5)19(18)29-12-23-2)10-27-9-13-6-7-14(24-3)15(8-13)25-4/h6-8,16-21H,9-12H2,1-5H3/t16-,17-,18+,19-,20+/m1/s1. The fourth-order valence-corrected chi connectivity index (χ4v) is 3.14. The van der Waals surface area contributed by atoms with Crippen LogP contribution in [0.1, 0.15) is 5.56 Å². The first-order valence-electron chi connectivity index (χ1n) is 9.45. The minimum atomic E-state index is -1.03. The molecule has 5 atom stereocenters. The zero-order valence-corrected chi connectivity index (χ0v) is 18.1. The van der Waals surface area contributed by atoms with Crippen LogP contribution in [-0.4, -0.2) is 91.6 Å². The fraction of sp³-hybridized carbons (Fsp3) is 0.700. The lowest BCUT2D eigenvalue weighted by Gasteiger charge is -2.43. The quantitative estimate of drug-likeness (QED) is 0.453. The van der Waals surface area contributed by atoms with Crippen LogP contribution in [-0.2, 0) is 39.8 Å². The van der Waals surface area contributed by atoms with Gasteiger partial charge in [-0.15, -0.1) is 0 Å². The van der Waals surface area contributed by atoms with E-state index in [4.69, 9.17) is 42.6 Å². The van der Waals surface area contributed by atoms with Gasteiger partial charge in [-0.3, -0.25) is 0 Å². The maximum atomic E-state index is 10.8. The molecule has 1 fully saturated rings. The maximum absolute atomic E-state index is 10.8. The van der Waals surface area contributed by atoms with Crippen LogP contribution in [0.4, 0.5) is 0 Å². The number of benzene rings is 1. The van der Waals surface area contributed by atoms with E-state index in [1.54, 1.807) is 20.3 Å². The van der Waals surface area contributed by atoms with Crippen molar-refractivity contribution in [3.8, 4) is 11.5 Å². The highest BCUT2D eigenvalue weighted by atomic mass is 16.7. The van der Waals surface area contributed by atoms with Crippen molar-refractivity contribution in [2.75, 3.05) is 55.7 Å². The number of rotatable bonds is 13. The highest BCUT2D eigenvalue weighted by molar-refractivity contribution is 5.42. The van der Waals surface area contributed by atoms with E-state index in [-0.39, 0.29) is 26.8 Å². The maximum Gasteiger partial charge on any atom is 0.186 e. The molecule has 1 heterocycles. The first-order chi connectivity index (χ1) is 14.6. The molecule has 0 spiro atoms. The Bertz CT molecular complexity index is 613. The molecule has 2 rings (SSSR count). The molecule has 0 aliphatic carbocycles. The van der Waals surface area contributed by atoms with Gasteiger partial charge in [0.2, 0.25) is 0 Å². The molecule has 10 heteroatoms. The molecule has 1 aliphatic heterocycles. The Morgan fingerprint density at radius 3 is 2.17 bits per heavy atom. The monoisotopic (exact) mass is 432 g/mol. The third-order valence-corrected chi connectivity index (χ3v) is 4.61. The summed E-state index contributed by atoms with van der Waals surface area (Å²) in [6.07, 6.45) is -3.96. The summed E-state index contributed by atoms with van der Waals surface area (Å²) < 4.78 is 48.7. The SMILES string of the molecule is COCO[C@H]1[C@@H](OC)O[C@H](COCc2ccc(OC)c(OC)c2)[C@@H](O)[C@@H]1OCOC. The van der Waals surface area contributed by atoms with Crippen LogP contribution in [0.25, 0.3) is 0 Å². The van der Waals surface area contributed by atoms with Crippen molar-refractivity contribution in [3.63, 3.8) is 0 Å². The van der Waals surface area contributed by atoms with Gasteiger partial charge >= 0.3 is 0 Å². The summed E-state index contributed by atoms with van der Waals surface area (Å²) >= 11 is 0. The third kappa shape index (κ3) is 6.50. The Morgan fingerprint density at radius 2 is 1.57 bits per heavy atom. The van der Waals surface area contributed by atoms with Gasteiger partial charge in [0.25, 0.3) is 0 Å². The number of hydrogen-bond acceptors (Lipinski definition) is 10. The van der Waals surface area contributed by atoms with Gasteiger partial charge in [0.05, 0.1) is 27.4 Å². The van der Waals surface area contributed by atoms with Crippen LogP contribution in [0.3, 0.4) is 0 Å². The van der Waals surface area contributed by atoms with E-state index in [1.165, 1.54) is 21.3 Å². The van der Waals surface area contributed by atoms with E-state index in [0.717, 1.165) is 5.56 Å². The number of ether oxygens (including phenoxy) is 9. The summed E-state index contributed by atoms with van der Waals surface area (Å²) in [5.41, 5.74) is 0.884. The molecule has 1 aromatic rings. The van der Waals surface area contributed by atoms with Crippen LogP contribution >= 0.6 is 0 Å². The van der Waals surface area contributed by atoms with Crippen LogP contribution in [0.2, 0.25) is 0 Å². The first-order valence-corrected chi connectivity index (χ1v) is 9.45. The average molecular weight is 432 g/mol. The van der Waals surface area contributed by atoms with Crippen molar-refractivity contribution in [2.24, 2.45) is 0 Å². The molecule has 0 unspecified atom stereocenters. The Labute approximate surface area is 176 Å². The molecule has 0 bridgehead atoms. The second-order valence-corrected chi connectivity index (χ2v) is 6.55. The summed E-state index contributed by atoms with van der Waals surface area (Å²) in [6.45, 7) is 0.370. The van der Waals surface area contributed by atoms with Crippen molar-refractivity contribution in [1.82, 2.24) is 0 Å². The topological polar surface area (TPSA) is 103 Å². The molecule has 0 radical (unpaired) electrons. The van der Waals surface area contributed by atoms with Gasteiger partial charge in [-0.05, 0) is 17.7 Å². The Kier molecular flexibility index (Phi) is 10.8. The normalized spacial score (nSPS) is 26.5. The van der Waals surface area contributed by atoms with Crippen LogP contribution in [0, 0.1) is 0 Å². The molecule has 0 aromatic heterocycles. The van der Waals surface area contributed by atoms with Crippen molar-refractivity contribution < 1.29 is 47.7 Å². The fourth-order valence-electron chi connectivity index (χ4n) is 3.14. The van der Waals surface area contributed by atoms with Gasteiger partial charge in [-0.1, -0.05) is 6.07 Å². The van der Waals surface area contributed by atoms with Crippen LogP contribution in [0.15, 0.2) is 18.2 Å². The first kappa shape index (κ1) is 24.8. The summed E-state index contributed by atoms with van der Waals surface area (Å²) in [6, 6.07) is 5.50. The van der Waals surface area contributed by atoms with Crippen molar-refractivity contribution in [2.45, 2.75) is 37.3 Å². The predicted molar refractivity (Wildman–Crippen MR) is 104 cm³/mol. The number of methoxy groups -OCH3 is 5. The second-order valence-electron chi connectivity index (χ2n) is 6.55. The van der Waals surface area contributed by atoms with Crippen molar-refractivity contribution in [3.05, 3.63) is 23.8 Å². The second kappa shape index (κ2) is 13.0. The van der Waals surface area contributed by atoms with E-state index in [0.29, 0.717) is 11.5 Å². The molecule has 10 nitrogen and oxygen atoms in total. The Hall–Kier alpha value is -1.50. The van der Waals surface area contributed by atoms with E-state index in [1.807, 2.05) is 12.1 Å². The zero-order chi connectivity index (χ0) is 21.9. The highest BCUT2D eigenvalue weighted by Gasteiger charge is 2.47. The lowest BCUT2D eigenvalue weighted by molar-refractivity contribution is -0.327. The summed E-state index contributed by atoms with van der Waals surface area (Å²) in [5.74, 6) is 1.24. The molecule has 1 aromatic carbocycles. The Morgan fingerprint density at radius 1 is 0.900 bits per heavy atom. The van der Waals surface area contributed by atoms with Gasteiger partial charge in [-0.25, -0.2) is 0 Å². The minimum Gasteiger partial charge on any atom is -0.493 e. The van der Waals surface area contributed by atoms with Gasteiger partial charge in [0.1, 0.15) is 38.0 Å². The smallest absolute Gasteiger partial charge is 0.186 e. The molecule has 172 valence electrons. The number of aliphatic hydroxyl groups is 1. The van der Waals surface area contributed by atoms with Gasteiger partial charge in [0.15, 0.2) is 17.8 Å². The van der Waals surface area contributed by atoms with Crippen molar-refractivity contribution >= 4 is 0 Å². The van der Waals surface area contributed by atoms with Gasteiger partial charge in [-0.2, -0.15) is 0 Å². The molecular formula is C20H32O10. The molecular weight excluding hydrogens is 400 g/mol. The average Bonchev–Trinajstić information content (AvgIpc) is 2.77. The lowest BCUT2D eigenvalue weighted by Crippen LogP contribution is -2.61. The van der Waals surface area contributed by atoms with E-state index < -0.39 is 30.7 Å². The number of hydrogen-bond donors (Lipinski definition) is 1. The summed E-state index contributed by atoms with van der Waals surface area (Å²) in [5, 5.41) is 10.8. The van der Waals surface area contributed by atoms with Crippen LogP contribution in [0.5, 0.6) is 11.5 Å². The molecule has 0 amide bonds. The minimum absolute atomic E-state index is 0.00603. The largest absolute Gasteiger partial charge is 0.493 e. The zero-order valence-electron chi connectivity index (χ0n) is 18.1. The molecule has 1 saturated heterocycles. The summed E-state index contributed by atoms with van der Waals surface area (Å²) in [4.78, 5) is 0. The molecule has 1 aliphatic rings. The van der Waals surface area contributed by atoms with E-state index >= 15 is 0 Å². The van der Waals surface area contributed by atoms with Gasteiger partial charge in [0, 0.05) is 21.3 Å². The predicted octanol–water partition coefficient (Wildman–Crippen LogP) is 0.931. The van der Waals surface area contributed by atoms with Crippen molar-refractivity contribution in [1.29, 1.82) is 0 Å². The van der Waals surface area contributed by atoms with E-state index in [2.05, 4.69) is 0 Å². The third-order valence-electron chi connectivity index (χ3n) is 4.61. The Balaban J connectivity index is 2.00. The molecule has 0 saturated carbocycles. The van der Waals surface area contributed by atoms with Gasteiger partial charge < -0.3 is 47.7 Å². The lowest BCUT2D eigenvalue weighted by atomic mass is 9.99. The van der Waals surface area contributed by atoms with E-state index in [9.17, 15) is 5.11 Å². The highest BCUT2D eigenvalue weighted by Crippen LogP contribution is 2.29.